The summed E-state index contributed by atoms with van der Waals surface area (Å²) in [5, 5.41) is 2.80. The Hall–Kier alpha value is -1.88. The van der Waals surface area contributed by atoms with Crippen LogP contribution in [-0.4, -0.2) is 18.4 Å². The molecule has 0 heterocycles. The second-order valence-corrected chi connectivity index (χ2v) is 4.27. The lowest BCUT2D eigenvalue weighted by atomic mass is 10.1. The highest BCUT2D eigenvalue weighted by Gasteiger charge is 2.14. The standard InChI is InChI=1S/C13H19N3O2/c1-9(6-7-14)13(18)16-11-5-3-2-4-10(11)8-12(15)17/h2-5,9H,6-8,14H2,1H3,(H2,15,17)(H,16,18). The highest BCUT2D eigenvalue weighted by molar-refractivity contribution is 5.93. The van der Waals surface area contributed by atoms with E-state index in [1.807, 2.05) is 6.92 Å². The van der Waals surface area contributed by atoms with Gasteiger partial charge >= 0.3 is 0 Å². The van der Waals surface area contributed by atoms with Gasteiger partial charge in [-0.2, -0.15) is 0 Å². The number of carbonyl (C=O) groups excluding carboxylic acids is 2. The molecule has 0 saturated heterocycles. The van der Waals surface area contributed by atoms with Crippen LogP contribution in [0, 0.1) is 5.92 Å². The van der Waals surface area contributed by atoms with Gasteiger partial charge in [-0.25, -0.2) is 0 Å². The third-order valence-corrected chi connectivity index (χ3v) is 2.69. The Morgan fingerprint density at radius 3 is 2.61 bits per heavy atom. The molecule has 0 spiro atoms. The van der Waals surface area contributed by atoms with E-state index < -0.39 is 5.91 Å². The molecule has 2 amide bonds. The summed E-state index contributed by atoms with van der Waals surface area (Å²) < 4.78 is 0. The van der Waals surface area contributed by atoms with E-state index in [4.69, 9.17) is 11.5 Å². The van der Waals surface area contributed by atoms with E-state index in [2.05, 4.69) is 5.32 Å². The molecule has 5 N–H and O–H groups in total. The number of benzene rings is 1. The maximum Gasteiger partial charge on any atom is 0.227 e. The topological polar surface area (TPSA) is 98.2 Å². The molecule has 5 heteroatoms. The third kappa shape index (κ3) is 4.18. The van der Waals surface area contributed by atoms with Crippen LogP contribution in [0.5, 0.6) is 0 Å². The van der Waals surface area contributed by atoms with Crippen LogP contribution in [0.3, 0.4) is 0 Å². The van der Waals surface area contributed by atoms with Crippen LogP contribution in [-0.2, 0) is 16.0 Å². The summed E-state index contributed by atoms with van der Waals surface area (Å²) >= 11 is 0. The fourth-order valence-corrected chi connectivity index (χ4v) is 1.62. The fourth-order valence-electron chi connectivity index (χ4n) is 1.62. The summed E-state index contributed by atoms with van der Waals surface area (Å²) in [5.41, 5.74) is 11.9. The van der Waals surface area contributed by atoms with Gasteiger partial charge in [-0.3, -0.25) is 9.59 Å². The summed E-state index contributed by atoms with van der Waals surface area (Å²) in [4.78, 5) is 22.8. The predicted molar refractivity (Wildman–Crippen MR) is 70.8 cm³/mol. The monoisotopic (exact) mass is 249 g/mol. The number of carbonyl (C=O) groups is 2. The number of anilines is 1. The number of rotatable bonds is 6. The minimum Gasteiger partial charge on any atom is -0.369 e. The van der Waals surface area contributed by atoms with Gasteiger partial charge in [-0.1, -0.05) is 25.1 Å². The molecule has 1 aromatic carbocycles. The molecule has 1 unspecified atom stereocenters. The zero-order valence-corrected chi connectivity index (χ0v) is 10.5. The average Bonchev–Trinajstić information content (AvgIpc) is 2.31. The zero-order chi connectivity index (χ0) is 13.5. The molecule has 0 radical (unpaired) electrons. The second kappa shape index (κ2) is 6.76. The summed E-state index contributed by atoms with van der Waals surface area (Å²) in [7, 11) is 0. The Morgan fingerprint density at radius 1 is 1.33 bits per heavy atom. The first-order chi connectivity index (χ1) is 8.54. The van der Waals surface area contributed by atoms with Crippen molar-refractivity contribution in [3.8, 4) is 0 Å². The van der Waals surface area contributed by atoms with Crippen LogP contribution < -0.4 is 16.8 Å². The highest BCUT2D eigenvalue weighted by atomic mass is 16.2. The Kier molecular flexibility index (Phi) is 5.32. The van der Waals surface area contributed by atoms with Crippen molar-refractivity contribution < 1.29 is 9.59 Å². The molecule has 1 atom stereocenters. The zero-order valence-electron chi connectivity index (χ0n) is 10.5. The lowest BCUT2D eigenvalue weighted by Gasteiger charge is -2.13. The number of nitrogens with two attached hydrogens (primary N) is 2. The Labute approximate surface area is 107 Å². The smallest absolute Gasteiger partial charge is 0.227 e. The second-order valence-electron chi connectivity index (χ2n) is 4.27. The van der Waals surface area contributed by atoms with E-state index in [-0.39, 0.29) is 18.2 Å². The summed E-state index contributed by atoms with van der Waals surface area (Å²) in [6.07, 6.45) is 0.742. The highest BCUT2D eigenvalue weighted by Crippen LogP contribution is 2.17. The van der Waals surface area contributed by atoms with E-state index in [1.54, 1.807) is 24.3 Å². The van der Waals surface area contributed by atoms with E-state index in [0.717, 1.165) is 5.56 Å². The van der Waals surface area contributed by atoms with E-state index >= 15 is 0 Å². The van der Waals surface area contributed by atoms with Crippen LogP contribution in [0.2, 0.25) is 0 Å². The number of hydrogen-bond acceptors (Lipinski definition) is 3. The van der Waals surface area contributed by atoms with Crippen molar-refractivity contribution in [3.05, 3.63) is 29.8 Å². The molecule has 0 saturated carbocycles. The minimum atomic E-state index is -0.424. The van der Waals surface area contributed by atoms with Crippen LogP contribution in [0.4, 0.5) is 5.69 Å². The minimum absolute atomic E-state index is 0.0997. The number of amides is 2. The Morgan fingerprint density at radius 2 is 2.00 bits per heavy atom. The normalized spacial score (nSPS) is 11.9. The van der Waals surface area contributed by atoms with E-state index in [1.165, 1.54) is 0 Å². The molecule has 18 heavy (non-hydrogen) atoms. The van der Waals surface area contributed by atoms with Crippen molar-refractivity contribution in [2.24, 2.45) is 17.4 Å². The van der Waals surface area contributed by atoms with E-state index in [0.29, 0.717) is 18.7 Å². The summed E-state index contributed by atoms with van der Waals surface area (Å²) in [6.45, 7) is 2.29. The molecule has 0 aliphatic heterocycles. The number of primary amides is 1. The quantitative estimate of drug-likeness (QED) is 0.690. The summed E-state index contributed by atoms with van der Waals surface area (Å²) in [5.74, 6) is -0.680. The average molecular weight is 249 g/mol. The van der Waals surface area contributed by atoms with Gasteiger partial charge in [0.05, 0.1) is 6.42 Å². The third-order valence-electron chi connectivity index (χ3n) is 2.69. The van der Waals surface area contributed by atoms with Crippen LogP contribution in [0.25, 0.3) is 0 Å². The van der Waals surface area contributed by atoms with Gasteiger partial charge < -0.3 is 16.8 Å². The molecule has 0 fully saturated rings. The number of para-hydroxylation sites is 1. The summed E-state index contributed by atoms with van der Waals surface area (Å²) in [6, 6.07) is 7.13. The lowest BCUT2D eigenvalue weighted by molar-refractivity contribution is -0.119. The van der Waals surface area contributed by atoms with Gasteiger partial charge in [-0.05, 0) is 24.6 Å². The van der Waals surface area contributed by atoms with Gasteiger partial charge in [0.1, 0.15) is 0 Å². The molecule has 1 rings (SSSR count). The molecule has 0 bridgehead atoms. The van der Waals surface area contributed by atoms with Gasteiger partial charge in [-0.15, -0.1) is 0 Å². The van der Waals surface area contributed by atoms with Gasteiger partial charge in [0.2, 0.25) is 11.8 Å². The van der Waals surface area contributed by atoms with Crippen molar-refractivity contribution in [2.45, 2.75) is 19.8 Å². The molecule has 0 aliphatic carbocycles. The van der Waals surface area contributed by atoms with Crippen LogP contribution in [0.15, 0.2) is 24.3 Å². The van der Waals surface area contributed by atoms with Gasteiger partial charge in [0.15, 0.2) is 0 Å². The largest absolute Gasteiger partial charge is 0.369 e. The fraction of sp³-hybridized carbons (Fsp3) is 0.385. The molecular weight excluding hydrogens is 230 g/mol. The van der Waals surface area contributed by atoms with Crippen molar-refractivity contribution in [1.29, 1.82) is 0 Å². The van der Waals surface area contributed by atoms with E-state index in [9.17, 15) is 9.59 Å². The first kappa shape index (κ1) is 14.2. The first-order valence-corrected chi connectivity index (χ1v) is 5.91. The molecule has 1 aromatic rings. The Balaban J connectivity index is 2.77. The maximum absolute atomic E-state index is 11.9. The lowest BCUT2D eigenvalue weighted by Crippen LogP contribution is -2.24. The molecular formula is C13H19N3O2. The van der Waals surface area contributed by atoms with Crippen molar-refractivity contribution in [3.63, 3.8) is 0 Å². The predicted octanol–water partition coefficient (Wildman–Crippen LogP) is 0.638. The first-order valence-electron chi connectivity index (χ1n) is 5.91. The Bertz CT molecular complexity index is 432. The van der Waals surface area contributed by atoms with Gasteiger partial charge in [0.25, 0.3) is 0 Å². The van der Waals surface area contributed by atoms with Gasteiger partial charge in [0, 0.05) is 11.6 Å². The van der Waals surface area contributed by atoms with Crippen LogP contribution >= 0.6 is 0 Å². The van der Waals surface area contributed by atoms with Crippen molar-refractivity contribution >= 4 is 17.5 Å². The van der Waals surface area contributed by atoms with Crippen LogP contribution in [0.1, 0.15) is 18.9 Å². The number of hydrogen-bond donors (Lipinski definition) is 3. The van der Waals surface area contributed by atoms with Crippen molar-refractivity contribution in [2.75, 3.05) is 11.9 Å². The SMILES string of the molecule is CC(CCN)C(=O)Nc1ccccc1CC(N)=O. The molecule has 0 aliphatic rings. The maximum atomic E-state index is 11.9. The molecule has 5 nitrogen and oxygen atoms in total. The molecule has 98 valence electrons. The number of nitrogens with one attached hydrogen (secondary N) is 1. The van der Waals surface area contributed by atoms with Crippen molar-refractivity contribution in [1.82, 2.24) is 0 Å². The molecule has 0 aromatic heterocycles.